The number of para-hydroxylation sites is 2. The van der Waals surface area contributed by atoms with Crippen LogP contribution in [-0.4, -0.2) is 65.8 Å². The summed E-state index contributed by atoms with van der Waals surface area (Å²) in [6.07, 6.45) is 0. The molecule has 7 heteroatoms. The van der Waals surface area contributed by atoms with Crippen LogP contribution in [0.15, 0.2) is 54.6 Å². The van der Waals surface area contributed by atoms with Gasteiger partial charge in [0.2, 0.25) is 11.8 Å². The second kappa shape index (κ2) is 7.91. The fraction of sp³-hybridized carbons (Fsp3) is 0.348. The topological polar surface area (TPSA) is 73.0 Å². The van der Waals surface area contributed by atoms with Crippen LogP contribution in [0.5, 0.6) is 0 Å². The molecule has 1 N–H and O–H groups in total. The summed E-state index contributed by atoms with van der Waals surface area (Å²) in [6, 6.07) is 16.6. The van der Waals surface area contributed by atoms with Crippen molar-refractivity contribution in [2.24, 2.45) is 0 Å². The van der Waals surface area contributed by atoms with Crippen LogP contribution in [0.3, 0.4) is 0 Å². The van der Waals surface area contributed by atoms with E-state index >= 15 is 0 Å². The van der Waals surface area contributed by atoms with Crippen LogP contribution in [0.2, 0.25) is 0 Å². The molecule has 7 nitrogen and oxygen atoms in total. The van der Waals surface area contributed by atoms with Gasteiger partial charge in [-0.2, -0.15) is 0 Å². The van der Waals surface area contributed by atoms with Crippen molar-refractivity contribution >= 4 is 29.1 Å². The minimum atomic E-state index is -0.976. The van der Waals surface area contributed by atoms with Crippen molar-refractivity contribution < 1.29 is 14.4 Å². The highest BCUT2D eigenvalue weighted by Crippen LogP contribution is 2.36. The van der Waals surface area contributed by atoms with Crippen molar-refractivity contribution in [2.75, 3.05) is 42.9 Å². The van der Waals surface area contributed by atoms with Crippen LogP contribution in [0, 0.1) is 0 Å². The standard InChI is InChI=1S/C23H26N4O3/c1-23(2)22(30)24-18-10-6-7-11-19(18)27(23)20(28)16-25-12-14-26(15-13-25)21(29)17-8-4-3-5-9-17/h3-11H,12-16H2,1-2H3,(H,24,30). The molecule has 0 spiro atoms. The van der Waals surface area contributed by atoms with Crippen LogP contribution >= 0.6 is 0 Å². The van der Waals surface area contributed by atoms with Crippen LogP contribution in [0.4, 0.5) is 11.4 Å². The van der Waals surface area contributed by atoms with Gasteiger partial charge < -0.3 is 10.2 Å². The van der Waals surface area contributed by atoms with Gasteiger partial charge in [-0.05, 0) is 38.1 Å². The number of nitrogens with zero attached hydrogens (tertiary/aromatic N) is 3. The predicted octanol–water partition coefficient (Wildman–Crippen LogP) is 2.21. The Morgan fingerprint density at radius 2 is 1.57 bits per heavy atom. The van der Waals surface area contributed by atoms with Crippen molar-refractivity contribution in [3.05, 3.63) is 60.2 Å². The molecule has 0 saturated carbocycles. The molecule has 2 aliphatic heterocycles. The van der Waals surface area contributed by atoms with E-state index in [1.54, 1.807) is 24.8 Å². The summed E-state index contributed by atoms with van der Waals surface area (Å²) in [5.41, 5.74) is 1.06. The Bertz CT molecular complexity index is 965. The van der Waals surface area contributed by atoms with Crippen LogP contribution in [0.1, 0.15) is 24.2 Å². The Hall–Kier alpha value is -3.19. The summed E-state index contributed by atoms with van der Waals surface area (Å²) in [4.78, 5) is 43.9. The lowest BCUT2D eigenvalue weighted by atomic mass is 9.96. The molecule has 0 aromatic heterocycles. The van der Waals surface area contributed by atoms with Crippen molar-refractivity contribution in [2.45, 2.75) is 19.4 Å². The van der Waals surface area contributed by atoms with E-state index < -0.39 is 5.54 Å². The molecule has 0 atom stereocenters. The lowest BCUT2D eigenvalue weighted by Gasteiger charge is -2.43. The fourth-order valence-corrected chi connectivity index (χ4v) is 4.03. The third-order valence-corrected chi connectivity index (χ3v) is 5.80. The van der Waals surface area contributed by atoms with E-state index in [1.807, 2.05) is 58.3 Å². The molecule has 3 amide bonds. The second-order valence-electron chi connectivity index (χ2n) is 8.19. The highest BCUT2D eigenvalue weighted by molar-refractivity contribution is 6.14. The lowest BCUT2D eigenvalue weighted by Crippen LogP contribution is -2.61. The molecule has 2 aromatic rings. The number of amides is 3. The van der Waals surface area contributed by atoms with Gasteiger partial charge in [0.1, 0.15) is 5.54 Å². The first-order valence-corrected chi connectivity index (χ1v) is 10.2. The summed E-state index contributed by atoms with van der Waals surface area (Å²) in [6.45, 7) is 6.10. The van der Waals surface area contributed by atoms with Crippen molar-refractivity contribution in [3.63, 3.8) is 0 Å². The van der Waals surface area contributed by atoms with Gasteiger partial charge >= 0.3 is 0 Å². The number of hydrogen-bond acceptors (Lipinski definition) is 4. The second-order valence-corrected chi connectivity index (χ2v) is 8.19. The molecule has 0 aliphatic carbocycles. The molecule has 30 heavy (non-hydrogen) atoms. The zero-order valence-corrected chi connectivity index (χ0v) is 17.3. The van der Waals surface area contributed by atoms with Crippen LogP contribution in [-0.2, 0) is 9.59 Å². The maximum absolute atomic E-state index is 13.3. The number of rotatable bonds is 3. The van der Waals surface area contributed by atoms with Crippen molar-refractivity contribution in [1.29, 1.82) is 0 Å². The third-order valence-electron chi connectivity index (χ3n) is 5.80. The minimum absolute atomic E-state index is 0.0179. The summed E-state index contributed by atoms with van der Waals surface area (Å²) < 4.78 is 0. The summed E-state index contributed by atoms with van der Waals surface area (Å²) in [5.74, 6) is -0.303. The van der Waals surface area contributed by atoms with E-state index in [4.69, 9.17) is 0 Å². The minimum Gasteiger partial charge on any atom is -0.336 e. The number of benzene rings is 2. The SMILES string of the molecule is CC1(C)C(=O)Nc2ccccc2N1C(=O)CN1CCN(C(=O)c2ccccc2)CC1. The first kappa shape index (κ1) is 20.1. The highest BCUT2D eigenvalue weighted by Gasteiger charge is 2.43. The van der Waals surface area contributed by atoms with E-state index in [-0.39, 0.29) is 24.3 Å². The van der Waals surface area contributed by atoms with Gasteiger partial charge in [0.05, 0.1) is 17.9 Å². The number of carbonyl (C=O) groups excluding carboxylic acids is 3. The molecule has 1 fully saturated rings. The maximum Gasteiger partial charge on any atom is 0.253 e. The summed E-state index contributed by atoms with van der Waals surface area (Å²) in [5, 5.41) is 2.88. The number of carbonyl (C=O) groups is 3. The zero-order chi connectivity index (χ0) is 21.3. The Kier molecular flexibility index (Phi) is 5.30. The van der Waals surface area contributed by atoms with Gasteiger partial charge in [-0.15, -0.1) is 0 Å². The Morgan fingerprint density at radius 1 is 0.933 bits per heavy atom. The van der Waals surface area contributed by atoms with E-state index in [0.717, 1.165) is 0 Å². The molecule has 1 saturated heterocycles. The first-order chi connectivity index (χ1) is 14.4. The van der Waals surface area contributed by atoms with Crippen LogP contribution < -0.4 is 10.2 Å². The van der Waals surface area contributed by atoms with E-state index in [9.17, 15) is 14.4 Å². The molecular weight excluding hydrogens is 380 g/mol. The molecule has 0 unspecified atom stereocenters. The summed E-state index contributed by atoms with van der Waals surface area (Å²) in [7, 11) is 0. The molecule has 2 aromatic carbocycles. The normalized spacial score (nSPS) is 18.5. The zero-order valence-electron chi connectivity index (χ0n) is 17.3. The van der Waals surface area contributed by atoms with E-state index in [1.165, 1.54) is 0 Å². The Balaban J connectivity index is 1.43. The molecule has 2 aliphatic rings. The third kappa shape index (κ3) is 3.68. The van der Waals surface area contributed by atoms with Gasteiger partial charge in [0, 0.05) is 31.7 Å². The summed E-state index contributed by atoms with van der Waals surface area (Å²) >= 11 is 0. The number of fused-ring (bicyclic) bond motifs is 1. The number of piperazine rings is 1. The van der Waals surface area contributed by atoms with E-state index in [2.05, 4.69) is 5.32 Å². The Labute approximate surface area is 176 Å². The largest absolute Gasteiger partial charge is 0.336 e. The Morgan fingerprint density at radius 3 is 2.27 bits per heavy atom. The quantitative estimate of drug-likeness (QED) is 0.848. The monoisotopic (exact) mass is 406 g/mol. The molecule has 4 rings (SSSR count). The maximum atomic E-state index is 13.3. The number of anilines is 2. The van der Waals surface area contributed by atoms with Crippen LogP contribution in [0.25, 0.3) is 0 Å². The van der Waals surface area contributed by atoms with Gasteiger partial charge in [-0.1, -0.05) is 30.3 Å². The van der Waals surface area contributed by atoms with Crippen molar-refractivity contribution in [1.82, 2.24) is 9.80 Å². The number of nitrogens with one attached hydrogen (secondary N) is 1. The molecule has 156 valence electrons. The van der Waals surface area contributed by atoms with Gasteiger partial charge in [0.15, 0.2) is 0 Å². The predicted molar refractivity (Wildman–Crippen MR) is 115 cm³/mol. The lowest BCUT2D eigenvalue weighted by molar-refractivity contribution is -0.127. The first-order valence-electron chi connectivity index (χ1n) is 10.2. The fourth-order valence-electron chi connectivity index (χ4n) is 4.03. The highest BCUT2D eigenvalue weighted by atomic mass is 16.2. The molecule has 0 bridgehead atoms. The van der Waals surface area contributed by atoms with Gasteiger partial charge in [-0.25, -0.2) is 0 Å². The smallest absolute Gasteiger partial charge is 0.253 e. The molecule has 2 heterocycles. The average molecular weight is 406 g/mol. The average Bonchev–Trinajstić information content (AvgIpc) is 2.75. The van der Waals surface area contributed by atoms with E-state index in [0.29, 0.717) is 43.1 Å². The van der Waals surface area contributed by atoms with Gasteiger partial charge in [-0.3, -0.25) is 24.2 Å². The van der Waals surface area contributed by atoms with Gasteiger partial charge in [0.25, 0.3) is 5.91 Å². The molecular formula is C23H26N4O3. The number of hydrogen-bond donors (Lipinski definition) is 1. The van der Waals surface area contributed by atoms with Crippen molar-refractivity contribution in [3.8, 4) is 0 Å². The molecule has 0 radical (unpaired) electrons.